The molecule has 2 aromatic carbocycles. The van der Waals surface area contributed by atoms with Crippen LogP contribution in [0.25, 0.3) is 10.9 Å². The molecule has 0 saturated heterocycles. The fourth-order valence-corrected chi connectivity index (χ4v) is 3.22. The Bertz CT molecular complexity index is 1050. The van der Waals surface area contributed by atoms with E-state index in [9.17, 15) is 22.4 Å². The van der Waals surface area contributed by atoms with Gasteiger partial charge in [0.25, 0.3) is 0 Å². The summed E-state index contributed by atoms with van der Waals surface area (Å²) >= 11 is 6.06. The molecule has 0 radical (unpaired) electrons. The highest BCUT2D eigenvalue weighted by Crippen LogP contribution is 2.33. The topological polar surface area (TPSA) is 44.1 Å². The van der Waals surface area contributed by atoms with E-state index in [1.165, 1.54) is 22.9 Å². The number of halogens is 5. The maximum atomic E-state index is 13.3. The highest BCUT2D eigenvalue weighted by Gasteiger charge is 2.31. The van der Waals surface area contributed by atoms with E-state index in [1.54, 1.807) is 6.92 Å². The number of alkyl halides is 3. The Balaban J connectivity index is 2.02. The minimum Gasteiger partial charge on any atom is -0.466 e. The molecule has 0 unspecified atom stereocenters. The quantitative estimate of drug-likeness (QED) is 0.390. The SMILES string of the molecule is CCOC(=O)CCc1nn(Cc2ccc(F)cc2Cl)c2cc(C(F)(F)F)ccc12. The lowest BCUT2D eigenvalue weighted by Gasteiger charge is -2.09. The third kappa shape index (κ3) is 4.87. The summed E-state index contributed by atoms with van der Waals surface area (Å²) in [6.45, 7) is 1.98. The first-order valence-electron chi connectivity index (χ1n) is 8.85. The lowest BCUT2D eigenvalue weighted by molar-refractivity contribution is -0.143. The summed E-state index contributed by atoms with van der Waals surface area (Å²) in [5.74, 6) is -0.928. The number of rotatable bonds is 6. The maximum absolute atomic E-state index is 13.3. The Morgan fingerprint density at radius 3 is 2.62 bits per heavy atom. The zero-order chi connectivity index (χ0) is 21.2. The molecule has 29 heavy (non-hydrogen) atoms. The fourth-order valence-electron chi connectivity index (χ4n) is 2.99. The molecule has 0 fully saturated rings. The summed E-state index contributed by atoms with van der Waals surface area (Å²) in [5, 5.41) is 5.04. The van der Waals surface area contributed by atoms with Crippen LogP contribution in [0.1, 0.15) is 30.2 Å². The van der Waals surface area contributed by atoms with Crippen molar-refractivity contribution in [3.63, 3.8) is 0 Å². The molecule has 154 valence electrons. The number of esters is 1. The number of carbonyl (C=O) groups is 1. The summed E-state index contributed by atoms with van der Waals surface area (Å²) in [4.78, 5) is 11.7. The molecule has 0 spiro atoms. The van der Waals surface area contributed by atoms with Crippen molar-refractivity contribution in [3.8, 4) is 0 Å². The number of aryl methyl sites for hydroxylation is 1. The third-order valence-corrected chi connectivity index (χ3v) is 4.71. The average Bonchev–Trinajstić information content (AvgIpc) is 2.99. The van der Waals surface area contributed by atoms with E-state index >= 15 is 0 Å². The number of hydrogen-bond acceptors (Lipinski definition) is 3. The van der Waals surface area contributed by atoms with Crippen LogP contribution in [0.5, 0.6) is 0 Å². The van der Waals surface area contributed by atoms with Crippen molar-refractivity contribution in [1.29, 1.82) is 0 Å². The molecule has 0 aliphatic rings. The van der Waals surface area contributed by atoms with Gasteiger partial charge in [-0.1, -0.05) is 23.7 Å². The van der Waals surface area contributed by atoms with Gasteiger partial charge in [-0.3, -0.25) is 9.48 Å². The number of benzene rings is 2. The van der Waals surface area contributed by atoms with Gasteiger partial charge in [0, 0.05) is 16.8 Å². The molecule has 0 amide bonds. The zero-order valence-electron chi connectivity index (χ0n) is 15.4. The van der Waals surface area contributed by atoms with E-state index in [4.69, 9.17) is 16.3 Å². The van der Waals surface area contributed by atoms with Crippen LogP contribution >= 0.6 is 11.6 Å². The van der Waals surface area contributed by atoms with E-state index in [0.29, 0.717) is 16.6 Å². The largest absolute Gasteiger partial charge is 0.466 e. The Kier molecular flexibility index (Phi) is 6.12. The summed E-state index contributed by atoms with van der Waals surface area (Å²) in [6.07, 6.45) is -4.25. The normalized spacial score (nSPS) is 11.8. The van der Waals surface area contributed by atoms with Crippen molar-refractivity contribution >= 4 is 28.5 Å². The molecule has 4 nitrogen and oxygen atoms in total. The average molecular weight is 429 g/mol. The van der Waals surface area contributed by atoms with Gasteiger partial charge >= 0.3 is 12.1 Å². The molecular formula is C20H17ClF4N2O2. The minimum absolute atomic E-state index is 0.0519. The van der Waals surface area contributed by atoms with Gasteiger partial charge in [0.05, 0.1) is 36.3 Å². The molecule has 3 aromatic rings. The van der Waals surface area contributed by atoms with Gasteiger partial charge in [-0.25, -0.2) is 4.39 Å². The monoisotopic (exact) mass is 428 g/mol. The lowest BCUT2D eigenvalue weighted by atomic mass is 10.1. The second-order valence-corrected chi connectivity index (χ2v) is 6.78. The second kappa shape index (κ2) is 8.41. The first kappa shape index (κ1) is 21.1. The number of aromatic nitrogens is 2. The molecule has 0 N–H and O–H groups in total. The second-order valence-electron chi connectivity index (χ2n) is 6.37. The molecule has 0 aliphatic heterocycles. The summed E-state index contributed by atoms with van der Waals surface area (Å²) in [7, 11) is 0. The molecular weight excluding hydrogens is 412 g/mol. The van der Waals surface area contributed by atoms with Crippen LogP contribution in [0.15, 0.2) is 36.4 Å². The summed E-state index contributed by atoms with van der Waals surface area (Å²) in [5.41, 5.74) is 0.416. The van der Waals surface area contributed by atoms with E-state index < -0.39 is 23.5 Å². The molecule has 0 aliphatic carbocycles. The molecule has 1 heterocycles. The van der Waals surface area contributed by atoms with Crippen molar-refractivity contribution in [2.45, 2.75) is 32.5 Å². The van der Waals surface area contributed by atoms with E-state index in [0.717, 1.165) is 18.2 Å². The Morgan fingerprint density at radius 1 is 1.21 bits per heavy atom. The standard InChI is InChI=1S/C20H17ClF4N2O2/c1-2-29-19(28)8-7-17-15-6-4-13(20(23,24)25)9-18(15)27(26-17)11-12-3-5-14(22)10-16(12)21/h3-6,9-10H,2,7-8,11H2,1H3. The Morgan fingerprint density at radius 2 is 1.97 bits per heavy atom. The van der Waals surface area contributed by atoms with Gasteiger partial charge in [0.15, 0.2) is 0 Å². The van der Waals surface area contributed by atoms with Crippen molar-refractivity contribution in [1.82, 2.24) is 9.78 Å². The van der Waals surface area contributed by atoms with Gasteiger partial charge < -0.3 is 4.74 Å². The maximum Gasteiger partial charge on any atom is 0.416 e. The van der Waals surface area contributed by atoms with E-state index in [2.05, 4.69) is 5.10 Å². The minimum atomic E-state index is -4.51. The summed E-state index contributed by atoms with van der Waals surface area (Å²) in [6, 6.07) is 7.13. The number of hydrogen-bond donors (Lipinski definition) is 0. The van der Waals surface area contributed by atoms with E-state index in [-0.39, 0.29) is 36.5 Å². The highest BCUT2D eigenvalue weighted by molar-refractivity contribution is 6.31. The van der Waals surface area contributed by atoms with Crippen LogP contribution in [-0.2, 0) is 28.7 Å². The number of carbonyl (C=O) groups excluding carboxylic acids is 1. The predicted molar refractivity (Wildman–Crippen MR) is 100 cm³/mol. The van der Waals surface area contributed by atoms with Crippen molar-refractivity contribution in [3.05, 3.63) is 64.1 Å². The zero-order valence-corrected chi connectivity index (χ0v) is 16.1. The molecule has 0 saturated carbocycles. The van der Waals surface area contributed by atoms with Crippen LogP contribution in [0.3, 0.4) is 0 Å². The number of ether oxygens (including phenoxy) is 1. The predicted octanol–water partition coefficient (Wildman–Crippen LogP) is 5.39. The van der Waals surface area contributed by atoms with Crippen LogP contribution in [0, 0.1) is 5.82 Å². The van der Waals surface area contributed by atoms with Crippen LogP contribution < -0.4 is 0 Å². The van der Waals surface area contributed by atoms with Crippen LogP contribution in [0.2, 0.25) is 5.02 Å². The van der Waals surface area contributed by atoms with Gasteiger partial charge in [0.1, 0.15) is 5.82 Å². The van der Waals surface area contributed by atoms with Crippen molar-refractivity contribution < 1.29 is 27.1 Å². The third-order valence-electron chi connectivity index (χ3n) is 4.36. The molecule has 0 bridgehead atoms. The number of fused-ring (bicyclic) bond motifs is 1. The lowest BCUT2D eigenvalue weighted by Crippen LogP contribution is -2.07. The van der Waals surface area contributed by atoms with Crippen molar-refractivity contribution in [2.75, 3.05) is 6.61 Å². The van der Waals surface area contributed by atoms with Gasteiger partial charge in [-0.05, 0) is 36.8 Å². The fraction of sp³-hybridized carbons (Fsp3) is 0.300. The first-order chi connectivity index (χ1) is 13.7. The number of nitrogens with zero attached hydrogens (tertiary/aromatic N) is 2. The van der Waals surface area contributed by atoms with Gasteiger partial charge in [-0.2, -0.15) is 18.3 Å². The summed E-state index contributed by atoms with van der Waals surface area (Å²) < 4.78 is 59.1. The van der Waals surface area contributed by atoms with E-state index in [1.807, 2.05) is 0 Å². The Hall–Kier alpha value is -2.61. The highest BCUT2D eigenvalue weighted by atomic mass is 35.5. The van der Waals surface area contributed by atoms with Crippen LogP contribution in [0.4, 0.5) is 17.6 Å². The first-order valence-corrected chi connectivity index (χ1v) is 9.23. The van der Waals surface area contributed by atoms with Gasteiger partial charge in [-0.15, -0.1) is 0 Å². The molecule has 9 heteroatoms. The molecule has 0 atom stereocenters. The van der Waals surface area contributed by atoms with Crippen molar-refractivity contribution in [2.24, 2.45) is 0 Å². The van der Waals surface area contributed by atoms with Crippen LogP contribution in [-0.4, -0.2) is 22.4 Å². The van der Waals surface area contributed by atoms with Gasteiger partial charge in [0.2, 0.25) is 0 Å². The molecule has 1 aromatic heterocycles. The Labute approximate surface area is 169 Å². The smallest absolute Gasteiger partial charge is 0.416 e. The molecule has 3 rings (SSSR count).